The Morgan fingerprint density at radius 1 is 0.878 bits per heavy atom. The summed E-state index contributed by atoms with van der Waals surface area (Å²) in [6, 6.07) is 20.5. The van der Waals surface area contributed by atoms with E-state index in [0.29, 0.717) is 18.4 Å². The van der Waals surface area contributed by atoms with E-state index in [4.69, 9.17) is 0 Å². The van der Waals surface area contributed by atoms with Crippen LogP contribution >= 0.6 is 0 Å². The molecule has 1 saturated heterocycles. The van der Waals surface area contributed by atoms with E-state index in [1.54, 1.807) is 19.9 Å². The number of rotatable bonds is 13. The van der Waals surface area contributed by atoms with Crippen LogP contribution in [0.5, 0.6) is 0 Å². The fourth-order valence-electron chi connectivity index (χ4n) is 7.23. The van der Waals surface area contributed by atoms with Crippen molar-refractivity contribution < 1.29 is 29.2 Å². The Kier molecular flexibility index (Phi) is 12.5. The molecule has 1 saturated carbocycles. The van der Waals surface area contributed by atoms with Gasteiger partial charge in [-0.2, -0.15) is 0 Å². The Balaban J connectivity index is 1.37. The van der Waals surface area contributed by atoms with Crippen LogP contribution in [0.3, 0.4) is 0 Å². The molecule has 0 unspecified atom stereocenters. The minimum Gasteiger partial charge on any atom is -0.426 e. The lowest BCUT2D eigenvalue weighted by Crippen LogP contribution is -2.57. The van der Waals surface area contributed by atoms with Gasteiger partial charge in [-0.25, -0.2) is 0 Å². The quantitative estimate of drug-likeness (QED) is 0.175. The average molecular weight is 669 g/mol. The minimum absolute atomic E-state index is 0.0923. The number of nitrogens with zero attached hydrogens (tertiary/aromatic N) is 1. The molecular weight excluding hydrogens is 619 g/mol. The average Bonchev–Trinajstić information content (AvgIpc) is 3.53. The molecule has 0 radical (unpaired) electrons. The third-order valence-corrected chi connectivity index (χ3v) is 9.99. The van der Waals surface area contributed by atoms with Gasteiger partial charge in [-0.3, -0.25) is 19.2 Å². The van der Waals surface area contributed by atoms with Crippen molar-refractivity contribution in [3.8, 4) is 0 Å². The van der Waals surface area contributed by atoms with E-state index in [0.717, 1.165) is 48.4 Å². The second-order valence-electron chi connectivity index (χ2n) is 14.0. The largest absolute Gasteiger partial charge is 0.475 e. The Hall–Kier alpha value is -4.22. The van der Waals surface area contributed by atoms with Gasteiger partial charge in [0.15, 0.2) is 0 Å². The smallest absolute Gasteiger partial charge is 0.426 e. The van der Waals surface area contributed by atoms with Crippen molar-refractivity contribution in [3.63, 3.8) is 0 Å². The van der Waals surface area contributed by atoms with Crippen LogP contribution in [0.15, 0.2) is 72.8 Å². The summed E-state index contributed by atoms with van der Waals surface area (Å²) in [5.41, 5.74) is 1.48. The first-order valence-corrected chi connectivity index (χ1v) is 17.7. The van der Waals surface area contributed by atoms with Gasteiger partial charge in [0.25, 0.3) is 5.91 Å². The molecule has 3 aromatic carbocycles. The molecular formula is C38H49BN4O6. The molecule has 0 aromatic heterocycles. The summed E-state index contributed by atoms with van der Waals surface area (Å²) in [4.78, 5) is 56.5. The maximum Gasteiger partial charge on any atom is 0.475 e. The van der Waals surface area contributed by atoms with E-state index in [-0.39, 0.29) is 48.9 Å². The second-order valence-corrected chi connectivity index (χ2v) is 14.0. The van der Waals surface area contributed by atoms with Gasteiger partial charge in [-0.05, 0) is 59.6 Å². The number of fused-ring (bicyclic) bond motifs is 1. The Morgan fingerprint density at radius 3 is 2.27 bits per heavy atom. The van der Waals surface area contributed by atoms with E-state index in [9.17, 15) is 29.2 Å². The molecule has 260 valence electrons. The fourth-order valence-corrected chi connectivity index (χ4v) is 7.23. The van der Waals surface area contributed by atoms with Crippen LogP contribution in [-0.2, 0) is 20.8 Å². The molecule has 5 rings (SSSR count). The lowest BCUT2D eigenvalue weighted by molar-refractivity contribution is -0.140. The molecule has 1 aliphatic heterocycles. The number of hydrogen-bond acceptors (Lipinski definition) is 6. The predicted octanol–water partition coefficient (Wildman–Crippen LogP) is 3.78. The number of hydrogen-bond donors (Lipinski definition) is 5. The van der Waals surface area contributed by atoms with Crippen LogP contribution in [0.4, 0.5) is 0 Å². The number of benzene rings is 3. The Bertz CT molecular complexity index is 1590. The normalized spacial score (nSPS) is 19.3. The van der Waals surface area contributed by atoms with Gasteiger partial charge in [0.2, 0.25) is 17.7 Å². The van der Waals surface area contributed by atoms with Crippen molar-refractivity contribution >= 4 is 41.5 Å². The van der Waals surface area contributed by atoms with Gasteiger partial charge in [-0.1, -0.05) is 107 Å². The van der Waals surface area contributed by atoms with E-state index < -0.39 is 37.1 Å². The zero-order valence-electron chi connectivity index (χ0n) is 28.5. The van der Waals surface area contributed by atoms with Crippen molar-refractivity contribution in [3.05, 3.63) is 83.9 Å². The van der Waals surface area contributed by atoms with Gasteiger partial charge >= 0.3 is 7.12 Å². The topological polar surface area (TPSA) is 148 Å². The fraction of sp³-hybridized carbons (Fsp3) is 0.474. The summed E-state index contributed by atoms with van der Waals surface area (Å²) in [5, 5.41) is 30.6. The van der Waals surface area contributed by atoms with Crippen LogP contribution in [0.2, 0.25) is 0 Å². The van der Waals surface area contributed by atoms with Crippen molar-refractivity contribution in [2.24, 2.45) is 11.8 Å². The lowest BCUT2D eigenvalue weighted by atomic mass is 9.73. The monoisotopic (exact) mass is 668 g/mol. The van der Waals surface area contributed by atoms with Gasteiger partial charge < -0.3 is 30.9 Å². The Labute approximate surface area is 289 Å². The molecule has 2 fully saturated rings. The van der Waals surface area contributed by atoms with Crippen molar-refractivity contribution in [1.29, 1.82) is 0 Å². The summed E-state index contributed by atoms with van der Waals surface area (Å²) in [7, 11) is -1.79. The summed E-state index contributed by atoms with van der Waals surface area (Å²) in [6.45, 7) is 3.62. The molecule has 2 aliphatic rings. The molecule has 0 bridgehead atoms. The zero-order chi connectivity index (χ0) is 34.9. The molecule has 4 atom stereocenters. The third-order valence-electron chi connectivity index (χ3n) is 9.99. The Morgan fingerprint density at radius 2 is 1.57 bits per heavy atom. The molecule has 1 heterocycles. The molecule has 0 spiro atoms. The van der Waals surface area contributed by atoms with Crippen LogP contribution in [-0.4, -0.2) is 76.3 Å². The molecule has 3 aromatic rings. The number of aryl methyl sites for hydroxylation is 1. The van der Waals surface area contributed by atoms with Gasteiger partial charge in [-0.15, -0.1) is 0 Å². The standard InChI is InChI=1S/C38H49BN4O6/c1-25(2)35(39(48)49)42-37(46)33-23-31(40-34(44)20-17-26-11-5-3-6-12-26)24-43(33)38(47)32(21-27-13-7-4-8-14-27)41-36(45)30-19-18-28-15-9-10-16-29(28)22-30/h3,5-6,9-12,15-16,18-19,22,25,27,31-33,35,48-49H,4,7-8,13-14,17,20-21,23-24H2,1-2H3,(H,40,44)(H,41,45)(H,42,46)/t31-,32+,33-,35-/m0/s1. The first kappa shape index (κ1) is 36.1. The summed E-state index contributed by atoms with van der Waals surface area (Å²) in [5.74, 6) is -2.45. The van der Waals surface area contributed by atoms with Crippen LogP contribution in [0.25, 0.3) is 10.8 Å². The van der Waals surface area contributed by atoms with Gasteiger partial charge in [0, 0.05) is 24.6 Å². The first-order valence-electron chi connectivity index (χ1n) is 17.7. The summed E-state index contributed by atoms with van der Waals surface area (Å²) >= 11 is 0. The van der Waals surface area contributed by atoms with E-state index >= 15 is 0 Å². The van der Waals surface area contributed by atoms with E-state index in [1.807, 2.05) is 66.7 Å². The number of nitrogens with one attached hydrogen (secondary N) is 3. The van der Waals surface area contributed by atoms with Gasteiger partial charge in [0.1, 0.15) is 12.1 Å². The predicted molar refractivity (Wildman–Crippen MR) is 190 cm³/mol. The number of carbonyl (C=O) groups is 4. The molecule has 49 heavy (non-hydrogen) atoms. The minimum atomic E-state index is -1.79. The second kappa shape index (κ2) is 16.9. The maximum absolute atomic E-state index is 14.5. The van der Waals surface area contributed by atoms with Crippen molar-refractivity contribution in [1.82, 2.24) is 20.9 Å². The van der Waals surface area contributed by atoms with Crippen LogP contribution in [0, 0.1) is 11.8 Å². The number of likely N-dealkylation sites (tertiary alicyclic amines) is 1. The molecule has 5 N–H and O–H groups in total. The molecule has 1 aliphatic carbocycles. The first-order chi connectivity index (χ1) is 23.6. The SMILES string of the molecule is CC(C)[C@H](NC(=O)[C@@H]1C[C@H](NC(=O)CCc2ccccc2)CN1C(=O)[C@@H](CC1CCCCC1)NC(=O)c1ccc2ccccc2c1)B(O)O. The highest BCUT2D eigenvalue weighted by Crippen LogP contribution is 2.29. The highest BCUT2D eigenvalue weighted by Gasteiger charge is 2.44. The highest BCUT2D eigenvalue weighted by molar-refractivity contribution is 6.43. The highest BCUT2D eigenvalue weighted by atomic mass is 16.4. The van der Waals surface area contributed by atoms with Crippen molar-refractivity contribution in [2.75, 3.05) is 6.54 Å². The summed E-state index contributed by atoms with van der Waals surface area (Å²) < 4.78 is 0. The van der Waals surface area contributed by atoms with Crippen molar-refractivity contribution in [2.45, 2.75) is 95.7 Å². The zero-order valence-corrected chi connectivity index (χ0v) is 28.5. The maximum atomic E-state index is 14.5. The van der Waals surface area contributed by atoms with Crippen LogP contribution < -0.4 is 16.0 Å². The molecule has 10 nitrogen and oxygen atoms in total. The molecule has 4 amide bonds. The van der Waals surface area contributed by atoms with Gasteiger partial charge in [0.05, 0.1) is 5.94 Å². The van der Waals surface area contributed by atoms with E-state index in [1.165, 1.54) is 4.90 Å². The lowest BCUT2D eigenvalue weighted by Gasteiger charge is -2.32. The third kappa shape index (κ3) is 9.70. The number of carbonyl (C=O) groups excluding carboxylic acids is 4. The summed E-state index contributed by atoms with van der Waals surface area (Å²) in [6.07, 6.45) is 6.62. The molecule has 11 heteroatoms. The van der Waals surface area contributed by atoms with E-state index in [2.05, 4.69) is 16.0 Å². The number of amides is 4. The van der Waals surface area contributed by atoms with Crippen LogP contribution in [0.1, 0.15) is 81.1 Å².